The minimum Gasteiger partial charge on any atom is -0.621 e. The molecule has 0 aromatic heterocycles. The first kappa shape index (κ1) is 8.75. The molecule has 1 atom stereocenters. The van der Waals surface area contributed by atoms with E-state index in [-0.39, 0.29) is 13.1 Å². The van der Waals surface area contributed by atoms with Crippen LogP contribution in [0.2, 0.25) is 0 Å². The van der Waals surface area contributed by atoms with Gasteiger partial charge in [0.15, 0.2) is 6.67 Å². The first-order chi connectivity index (χ1) is 5.46. The summed E-state index contributed by atoms with van der Waals surface area (Å²) in [5.74, 6) is 0. The van der Waals surface area contributed by atoms with E-state index in [1.165, 1.54) is 0 Å². The highest BCUT2D eigenvalue weighted by Crippen LogP contribution is 2.14. The molecule has 68 valence electrons. The summed E-state index contributed by atoms with van der Waals surface area (Å²) in [5, 5.41) is 28.0. The molecule has 1 saturated heterocycles. The second-order valence-corrected chi connectivity index (χ2v) is 2.58. The normalized spacial score (nSPS) is 28.9. The van der Waals surface area contributed by atoms with E-state index < -0.39 is 23.5 Å². The van der Waals surface area contributed by atoms with E-state index in [0.717, 1.165) is 4.90 Å². The Morgan fingerprint density at radius 3 is 2.25 bits per heavy atom. The van der Waals surface area contributed by atoms with Gasteiger partial charge >= 0.3 is 12.2 Å². The number of carbonyl (C=O) groups is 2. The highest BCUT2D eigenvalue weighted by Gasteiger charge is 2.38. The van der Waals surface area contributed by atoms with Crippen LogP contribution in [0.15, 0.2) is 0 Å². The van der Waals surface area contributed by atoms with Gasteiger partial charge in [-0.1, -0.05) is 0 Å². The van der Waals surface area contributed by atoms with Crippen molar-refractivity contribution in [2.24, 2.45) is 0 Å². The number of quaternary nitrogens is 1. The summed E-state index contributed by atoms with van der Waals surface area (Å²) >= 11 is 0. The number of hydroxylamine groups is 3. The van der Waals surface area contributed by atoms with Crippen LogP contribution >= 0.6 is 0 Å². The van der Waals surface area contributed by atoms with Gasteiger partial charge in [-0.15, -0.1) is 0 Å². The van der Waals surface area contributed by atoms with E-state index in [1.807, 2.05) is 0 Å². The Balaban J connectivity index is 2.67. The molecule has 2 N–H and O–H groups in total. The van der Waals surface area contributed by atoms with Crippen molar-refractivity contribution >= 4 is 12.2 Å². The van der Waals surface area contributed by atoms with E-state index in [4.69, 9.17) is 10.2 Å². The molecule has 0 aromatic rings. The minimum absolute atomic E-state index is 0.0227. The molecule has 2 amide bonds. The molecule has 12 heavy (non-hydrogen) atoms. The summed E-state index contributed by atoms with van der Waals surface area (Å²) in [4.78, 5) is 21.4. The van der Waals surface area contributed by atoms with Crippen molar-refractivity contribution < 1.29 is 24.4 Å². The molecule has 0 spiro atoms. The van der Waals surface area contributed by atoms with Crippen LogP contribution in [0.1, 0.15) is 0 Å². The molecule has 0 bridgehead atoms. The quantitative estimate of drug-likeness (QED) is 0.397. The van der Waals surface area contributed by atoms with Crippen molar-refractivity contribution in [3.05, 3.63) is 5.21 Å². The van der Waals surface area contributed by atoms with Gasteiger partial charge in [0.1, 0.15) is 6.54 Å². The topological polar surface area (TPSA) is 101 Å². The Morgan fingerprint density at radius 2 is 2.00 bits per heavy atom. The fourth-order valence-electron chi connectivity index (χ4n) is 1.01. The molecule has 0 aromatic carbocycles. The van der Waals surface area contributed by atoms with Crippen molar-refractivity contribution in [3.63, 3.8) is 0 Å². The zero-order chi connectivity index (χ0) is 9.35. The smallest absolute Gasteiger partial charge is 0.515 e. The number of amides is 2. The molecule has 7 nitrogen and oxygen atoms in total. The number of hydrogen-bond donors (Lipinski definition) is 2. The molecular formula is C5H8N2O5. The van der Waals surface area contributed by atoms with Gasteiger partial charge < -0.3 is 15.4 Å². The molecule has 1 aliphatic rings. The van der Waals surface area contributed by atoms with Gasteiger partial charge in [0.25, 0.3) is 0 Å². The van der Waals surface area contributed by atoms with Crippen LogP contribution in [0.25, 0.3) is 0 Å². The highest BCUT2D eigenvalue weighted by atomic mass is 16.6. The molecule has 0 saturated carbocycles. The van der Waals surface area contributed by atoms with E-state index in [2.05, 4.69) is 0 Å². The fourth-order valence-corrected chi connectivity index (χ4v) is 1.01. The largest absolute Gasteiger partial charge is 0.621 e. The highest BCUT2D eigenvalue weighted by molar-refractivity contribution is 5.66. The molecular weight excluding hydrogens is 168 g/mol. The number of carboxylic acid groups (broad SMARTS) is 2. The minimum atomic E-state index is -1.54. The van der Waals surface area contributed by atoms with Crippen LogP contribution in [0.4, 0.5) is 9.59 Å². The van der Waals surface area contributed by atoms with Gasteiger partial charge in [0, 0.05) is 0 Å². The van der Waals surface area contributed by atoms with E-state index >= 15 is 0 Å². The lowest BCUT2D eigenvalue weighted by atomic mass is 10.6. The average Bonchev–Trinajstić information content (AvgIpc) is 2.33. The molecule has 1 aliphatic heterocycles. The third-order valence-corrected chi connectivity index (χ3v) is 1.75. The predicted molar refractivity (Wildman–Crippen MR) is 36.1 cm³/mol. The number of hydrogen-bond acceptors (Lipinski definition) is 3. The average molecular weight is 176 g/mol. The zero-order valence-electron chi connectivity index (χ0n) is 6.13. The molecule has 1 fully saturated rings. The predicted octanol–water partition coefficient (Wildman–Crippen LogP) is -0.0699. The van der Waals surface area contributed by atoms with Crippen LogP contribution in [0.5, 0.6) is 0 Å². The van der Waals surface area contributed by atoms with Crippen LogP contribution in [0, 0.1) is 5.21 Å². The van der Waals surface area contributed by atoms with Crippen molar-refractivity contribution in [2.45, 2.75) is 0 Å². The molecule has 1 rings (SSSR count). The maximum atomic E-state index is 11.1. The van der Waals surface area contributed by atoms with E-state index in [1.54, 1.807) is 0 Å². The monoisotopic (exact) mass is 176 g/mol. The summed E-state index contributed by atoms with van der Waals surface area (Å²) in [6, 6.07) is 0. The van der Waals surface area contributed by atoms with Gasteiger partial charge in [-0.2, -0.15) is 4.79 Å². The Labute approximate surface area is 67.6 Å². The number of rotatable bonds is 0. The zero-order valence-corrected chi connectivity index (χ0v) is 6.13. The van der Waals surface area contributed by atoms with Gasteiger partial charge in [-0.05, 0) is 0 Å². The molecule has 1 unspecified atom stereocenters. The van der Waals surface area contributed by atoms with E-state index in [9.17, 15) is 14.8 Å². The Kier molecular flexibility index (Phi) is 1.90. The van der Waals surface area contributed by atoms with Gasteiger partial charge in [0.05, 0.1) is 6.54 Å². The van der Waals surface area contributed by atoms with Gasteiger partial charge in [-0.25, -0.2) is 9.44 Å². The van der Waals surface area contributed by atoms with Crippen molar-refractivity contribution in [1.29, 1.82) is 0 Å². The summed E-state index contributed by atoms with van der Waals surface area (Å²) in [7, 11) is 0. The van der Waals surface area contributed by atoms with E-state index in [0.29, 0.717) is 0 Å². The summed E-state index contributed by atoms with van der Waals surface area (Å²) < 4.78 is -1.49. The van der Waals surface area contributed by atoms with Crippen LogP contribution in [-0.4, -0.2) is 51.7 Å². The van der Waals surface area contributed by atoms with Crippen molar-refractivity contribution in [1.82, 2.24) is 4.90 Å². The van der Waals surface area contributed by atoms with Crippen molar-refractivity contribution in [2.75, 3.05) is 19.8 Å². The number of nitrogens with zero attached hydrogens (tertiary/aromatic N) is 2. The molecule has 0 aliphatic carbocycles. The lowest BCUT2D eigenvalue weighted by Crippen LogP contribution is -2.46. The summed E-state index contributed by atoms with van der Waals surface area (Å²) in [5.41, 5.74) is 0. The second-order valence-electron chi connectivity index (χ2n) is 2.58. The standard InChI is InChI=1S/C5H8N2O5/c8-4(9)6-1-2-7(12,3-6)5(10)11/h1-3H2,(H,8,9)(H,10,11). The first-order valence-electron chi connectivity index (χ1n) is 3.25. The Morgan fingerprint density at radius 1 is 1.42 bits per heavy atom. The first-order valence-corrected chi connectivity index (χ1v) is 3.25. The Bertz CT molecular complexity index is 230. The lowest BCUT2D eigenvalue weighted by molar-refractivity contribution is -0.797. The van der Waals surface area contributed by atoms with Crippen LogP contribution < -0.4 is 0 Å². The third kappa shape index (κ3) is 1.31. The summed E-state index contributed by atoms with van der Waals surface area (Å²) in [6.07, 6.45) is -2.80. The van der Waals surface area contributed by atoms with Crippen LogP contribution in [0.3, 0.4) is 0 Å². The fraction of sp³-hybridized carbons (Fsp3) is 0.600. The van der Waals surface area contributed by atoms with Gasteiger partial charge in [0.2, 0.25) is 0 Å². The molecule has 7 heteroatoms. The summed E-state index contributed by atoms with van der Waals surface area (Å²) in [6.45, 7) is -0.766. The Hall–Kier alpha value is -1.34. The third-order valence-electron chi connectivity index (χ3n) is 1.75. The van der Waals surface area contributed by atoms with Crippen molar-refractivity contribution in [3.8, 4) is 0 Å². The molecule has 0 radical (unpaired) electrons. The molecule has 1 heterocycles. The SMILES string of the molecule is O=C(O)N1CC[N+]([O-])(C(=O)O)C1. The van der Waals surface area contributed by atoms with Crippen LogP contribution in [-0.2, 0) is 0 Å². The maximum absolute atomic E-state index is 11.1. The maximum Gasteiger partial charge on any atom is 0.515 e. The second kappa shape index (κ2) is 2.61. The van der Waals surface area contributed by atoms with Gasteiger partial charge in [-0.3, -0.25) is 4.90 Å². The lowest BCUT2D eigenvalue weighted by Gasteiger charge is -2.30.